The number of nitrogens with zero attached hydrogens (tertiary/aromatic N) is 1. The highest BCUT2D eigenvalue weighted by Gasteiger charge is 1.98. The first-order chi connectivity index (χ1) is 5.81. The zero-order valence-corrected chi connectivity index (χ0v) is 7.45. The summed E-state index contributed by atoms with van der Waals surface area (Å²) in [6.07, 6.45) is 0.586. The lowest BCUT2D eigenvalue weighted by Gasteiger charge is -2.04. The SMILES string of the molecule is CCOCCOCCC(N)C#N. The van der Waals surface area contributed by atoms with Crippen molar-refractivity contribution in [3.05, 3.63) is 0 Å². The summed E-state index contributed by atoms with van der Waals surface area (Å²) in [4.78, 5) is 0. The van der Waals surface area contributed by atoms with Crippen molar-refractivity contribution in [1.82, 2.24) is 0 Å². The summed E-state index contributed by atoms with van der Waals surface area (Å²) in [6.45, 7) is 4.36. The molecule has 0 radical (unpaired) electrons. The Morgan fingerprint density at radius 2 is 2.00 bits per heavy atom. The third kappa shape index (κ3) is 7.48. The molecule has 70 valence electrons. The minimum absolute atomic E-state index is 0.405. The van der Waals surface area contributed by atoms with Gasteiger partial charge in [0, 0.05) is 13.2 Å². The molecule has 12 heavy (non-hydrogen) atoms. The molecule has 1 unspecified atom stereocenters. The molecule has 0 bridgehead atoms. The van der Waals surface area contributed by atoms with Crippen LogP contribution in [0.1, 0.15) is 13.3 Å². The second-order valence-electron chi connectivity index (χ2n) is 2.33. The number of rotatable bonds is 7. The van der Waals surface area contributed by atoms with Crippen molar-refractivity contribution in [2.24, 2.45) is 5.73 Å². The molecule has 1 atom stereocenters. The fourth-order valence-electron chi connectivity index (χ4n) is 0.639. The molecule has 0 aromatic heterocycles. The quantitative estimate of drug-likeness (QED) is 0.560. The molecule has 4 heteroatoms. The van der Waals surface area contributed by atoms with E-state index >= 15 is 0 Å². The monoisotopic (exact) mass is 172 g/mol. The van der Waals surface area contributed by atoms with E-state index in [0.29, 0.717) is 32.8 Å². The van der Waals surface area contributed by atoms with Gasteiger partial charge in [0.05, 0.1) is 25.3 Å². The van der Waals surface area contributed by atoms with Gasteiger partial charge in [-0.15, -0.1) is 0 Å². The van der Waals surface area contributed by atoms with E-state index in [2.05, 4.69) is 0 Å². The summed E-state index contributed by atoms with van der Waals surface area (Å²) in [7, 11) is 0. The molecule has 0 aliphatic rings. The second kappa shape index (κ2) is 8.47. The van der Waals surface area contributed by atoms with Crippen LogP contribution in [0.25, 0.3) is 0 Å². The van der Waals surface area contributed by atoms with Crippen LogP contribution in [0, 0.1) is 11.3 Å². The largest absolute Gasteiger partial charge is 0.379 e. The van der Waals surface area contributed by atoms with Gasteiger partial charge in [-0.05, 0) is 13.3 Å². The fourth-order valence-corrected chi connectivity index (χ4v) is 0.639. The molecule has 0 saturated heterocycles. The molecule has 0 rings (SSSR count). The molecular weight excluding hydrogens is 156 g/mol. The maximum atomic E-state index is 8.32. The molecule has 0 saturated carbocycles. The van der Waals surface area contributed by atoms with Crippen molar-refractivity contribution < 1.29 is 9.47 Å². The second-order valence-corrected chi connectivity index (χ2v) is 2.33. The van der Waals surface area contributed by atoms with Gasteiger partial charge in [-0.3, -0.25) is 0 Å². The van der Waals surface area contributed by atoms with Crippen LogP contribution in [-0.4, -0.2) is 32.5 Å². The first kappa shape index (κ1) is 11.4. The lowest BCUT2D eigenvalue weighted by atomic mass is 10.3. The van der Waals surface area contributed by atoms with Crippen LogP contribution >= 0.6 is 0 Å². The Kier molecular flexibility index (Phi) is 8.02. The summed E-state index contributed by atoms with van der Waals surface area (Å²) < 4.78 is 10.2. The van der Waals surface area contributed by atoms with Gasteiger partial charge in [0.1, 0.15) is 0 Å². The third-order valence-corrected chi connectivity index (χ3v) is 1.32. The third-order valence-electron chi connectivity index (χ3n) is 1.32. The van der Waals surface area contributed by atoms with E-state index in [-0.39, 0.29) is 0 Å². The van der Waals surface area contributed by atoms with Gasteiger partial charge in [0.25, 0.3) is 0 Å². The van der Waals surface area contributed by atoms with Crippen molar-refractivity contribution in [3.8, 4) is 6.07 Å². The molecule has 0 amide bonds. The number of hydrogen-bond donors (Lipinski definition) is 1. The highest BCUT2D eigenvalue weighted by atomic mass is 16.5. The molecule has 0 aromatic carbocycles. The Bertz CT molecular complexity index is 134. The molecule has 2 N–H and O–H groups in total. The van der Waals surface area contributed by atoms with Crippen molar-refractivity contribution in [2.45, 2.75) is 19.4 Å². The number of ether oxygens (including phenoxy) is 2. The lowest BCUT2D eigenvalue weighted by Crippen LogP contribution is -2.20. The Balaban J connectivity index is 2.96. The molecule has 4 nitrogen and oxygen atoms in total. The maximum Gasteiger partial charge on any atom is 0.0950 e. The zero-order chi connectivity index (χ0) is 9.23. The number of hydrogen-bond acceptors (Lipinski definition) is 4. The van der Waals surface area contributed by atoms with Crippen molar-refractivity contribution in [1.29, 1.82) is 5.26 Å². The van der Waals surface area contributed by atoms with Crippen LogP contribution in [-0.2, 0) is 9.47 Å². The molecule has 0 fully saturated rings. The Labute approximate surface area is 73.3 Å². The summed E-state index contributed by atoms with van der Waals surface area (Å²) in [6, 6.07) is 1.53. The van der Waals surface area contributed by atoms with E-state index in [1.807, 2.05) is 13.0 Å². The first-order valence-electron chi connectivity index (χ1n) is 4.12. The van der Waals surface area contributed by atoms with Crippen LogP contribution in [0.5, 0.6) is 0 Å². The Morgan fingerprint density at radius 3 is 2.58 bits per heavy atom. The van der Waals surface area contributed by atoms with E-state index in [9.17, 15) is 0 Å². The van der Waals surface area contributed by atoms with Crippen molar-refractivity contribution in [2.75, 3.05) is 26.4 Å². The standard InChI is InChI=1S/C8H16N2O2/c1-2-11-5-6-12-4-3-8(10)7-9/h8H,2-6,10H2,1H3. The topological polar surface area (TPSA) is 68.3 Å². The van der Waals surface area contributed by atoms with E-state index in [1.54, 1.807) is 0 Å². The molecular formula is C8H16N2O2. The Morgan fingerprint density at radius 1 is 1.33 bits per heavy atom. The van der Waals surface area contributed by atoms with Gasteiger partial charge in [0.2, 0.25) is 0 Å². The molecule has 0 spiro atoms. The number of nitriles is 1. The van der Waals surface area contributed by atoms with Crippen molar-refractivity contribution >= 4 is 0 Å². The molecule has 0 heterocycles. The first-order valence-corrected chi connectivity index (χ1v) is 4.12. The zero-order valence-electron chi connectivity index (χ0n) is 7.45. The highest BCUT2D eigenvalue weighted by Crippen LogP contribution is 1.87. The van der Waals surface area contributed by atoms with Crippen LogP contribution in [0.15, 0.2) is 0 Å². The normalized spacial score (nSPS) is 12.4. The van der Waals surface area contributed by atoms with Crippen molar-refractivity contribution in [3.63, 3.8) is 0 Å². The van der Waals surface area contributed by atoms with Gasteiger partial charge < -0.3 is 15.2 Å². The van der Waals surface area contributed by atoms with E-state index in [0.717, 1.165) is 0 Å². The minimum Gasteiger partial charge on any atom is -0.379 e. The molecule has 0 aliphatic carbocycles. The summed E-state index contributed by atoms with van der Waals surface area (Å²) in [5.41, 5.74) is 5.34. The van der Waals surface area contributed by atoms with E-state index in [4.69, 9.17) is 20.5 Å². The lowest BCUT2D eigenvalue weighted by molar-refractivity contribution is 0.0513. The van der Waals surface area contributed by atoms with Gasteiger partial charge in [-0.2, -0.15) is 5.26 Å². The van der Waals surface area contributed by atoms with Gasteiger partial charge in [0.15, 0.2) is 0 Å². The summed E-state index contributed by atoms with van der Waals surface area (Å²) in [5.74, 6) is 0. The predicted octanol–water partition coefficient (Wildman–Crippen LogP) is 0.280. The fraction of sp³-hybridized carbons (Fsp3) is 0.875. The van der Waals surface area contributed by atoms with Crippen LogP contribution in [0.2, 0.25) is 0 Å². The average molecular weight is 172 g/mol. The smallest absolute Gasteiger partial charge is 0.0950 e. The summed E-state index contributed by atoms with van der Waals surface area (Å²) >= 11 is 0. The van der Waals surface area contributed by atoms with Gasteiger partial charge >= 0.3 is 0 Å². The van der Waals surface area contributed by atoms with Gasteiger partial charge in [-0.1, -0.05) is 0 Å². The minimum atomic E-state index is -0.405. The van der Waals surface area contributed by atoms with E-state index < -0.39 is 6.04 Å². The van der Waals surface area contributed by atoms with Crippen LogP contribution < -0.4 is 5.73 Å². The Hall–Kier alpha value is -0.630. The van der Waals surface area contributed by atoms with Crippen LogP contribution in [0.4, 0.5) is 0 Å². The molecule has 0 aromatic rings. The predicted molar refractivity (Wildman–Crippen MR) is 45.5 cm³/mol. The molecule has 0 aliphatic heterocycles. The maximum absolute atomic E-state index is 8.32. The number of nitrogens with two attached hydrogens (primary N) is 1. The van der Waals surface area contributed by atoms with Crippen LogP contribution in [0.3, 0.4) is 0 Å². The van der Waals surface area contributed by atoms with E-state index in [1.165, 1.54) is 0 Å². The highest BCUT2D eigenvalue weighted by molar-refractivity contribution is 4.85. The van der Waals surface area contributed by atoms with Gasteiger partial charge in [-0.25, -0.2) is 0 Å². The summed E-state index contributed by atoms with van der Waals surface area (Å²) in [5, 5.41) is 8.32. The average Bonchev–Trinajstić information content (AvgIpc) is 2.10.